The fourth-order valence-corrected chi connectivity index (χ4v) is 6.97. The molecule has 0 saturated carbocycles. The first-order valence-corrected chi connectivity index (χ1v) is 20.1. The van der Waals surface area contributed by atoms with Gasteiger partial charge in [-0.15, -0.1) is 0 Å². The van der Waals surface area contributed by atoms with Crippen molar-refractivity contribution in [1.82, 2.24) is 40.4 Å². The predicted molar refractivity (Wildman–Crippen MR) is 225 cm³/mol. The van der Waals surface area contributed by atoms with Crippen molar-refractivity contribution in [2.24, 2.45) is 11.3 Å². The summed E-state index contributed by atoms with van der Waals surface area (Å²) < 4.78 is 4.96. The number of nitrogens with one attached hydrogen (secondary N) is 2. The van der Waals surface area contributed by atoms with E-state index in [0.717, 1.165) is 32.2 Å². The number of rotatable bonds is 17. The van der Waals surface area contributed by atoms with Crippen LogP contribution in [-0.4, -0.2) is 110 Å². The highest BCUT2D eigenvalue weighted by Crippen LogP contribution is 2.24. The summed E-state index contributed by atoms with van der Waals surface area (Å²) in [7, 11) is 1.20. The van der Waals surface area contributed by atoms with Crippen molar-refractivity contribution in [2.75, 3.05) is 26.7 Å². The van der Waals surface area contributed by atoms with E-state index in [1.807, 2.05) is 107 Å². The lowest BCUT2D eigenvalue weighted by atomic mass is 9.95. The molecular weight excluding hydrogens is 765 g/mol. The van der Waals surface area contributed by atoms with Crippen LogP contribution in [0.25, 0.3) is 11.3 Å². The van der Waals surface area contributed by atoms with Crippen LogP contribution in [-0.2, 0) is 33.8 Å². The highest BCUT2D eigenvalue weighted by atomic mass is 16.5. The molecular formula is C45H56N8O7. The summed E-state index contributed by atoms with van der Waals surface area (Å²) in [4.78, 5) is 80.3. The van der Waals surface area contributed by atoms with E-state index >= 15 is 0 Å². The van der Waals surface area contributed by atoms with Crippen LogP contribution < -0.4 is 10.7 Å². The second-order valence-corrected chi connectivity index (χ2v) is 16.2. The molecule has 4 aromatic rings. The number of urea groups is 2. The molecule has 3 N–H and O–H groups in total. The van der Waals surface area contributed by atoms with Gasteiger partial charge in [0, 0.05) is 37.6 Å². The van der Waals surface area contributed by atoms with Crippen molar-refractivity contribution in [3.8, 4) is 11.3 Å². The van der Waals surface area contributed by atoms with Crippen molar-refractivity contribution >= 4 is 30.0 Å². The van der Waals surface area contributed by atoms with Crippen LogP contribution in [0.4, 0.5) is 14.4 Å². The van der Waals surface area contributed by atoms with Crippen molar-refractivity contribution in [3.63, 3.8) is 0 Å². The van der Waals surface area contributed by atoms with E-state index in [-0.39, 0.29) is 45.1 Å². The average Bonchev–Trinajstić information content (AvgIpc) is 3.50. The summed E-state index contributed by atoms with van der Waals surface area (Å²) in [5.41, 5.74) is 6.15. The van der Waals surface area contributed by atoms with E-state index in [0.29, 0.717) is 12.1 Å². The first-order valence-electron chi connectivity index (χ1n) is 20.1. The highest BCUT2D eigenvalue weighted by Gasteiger charge is 2.45. The number of aliphatic hydroxyl groups excluding tert-OH is 1. The van der Waals surface area contributed by atoms with Gasteiger partial charge in [0.25, 0.3) is 5.91 Å². The lowest BCUT2D eigenvalue weighted by molar-refractivity contribution is -0.129. The number of pyridine rings is 2. The molecule has 2 aromatic carbocycles. The zero-order valence-corrected chi connectivity index (χ0v) is 35.2. The molecule has 15 nitrogen and oxygen atoms in total. The summed E-state index contributed by atoms with van der Waals surface area (Å²) in [6.45, 7) is 9.03. The number of ether oxygens (including phenoxy) is 1. The monoisotopic (exact) mass is 820 g/mol. The summed E-state index contributed by atoms with van der Waals surface area (Å²) in [6.07, 6.45) is 1.86. The quantitative estimate of drug-likeness (QED) is 0.0891. The lowest BCUT2D eigenvalue weighted by Crippen LogP contribution is -2.59. The molecule has 1 aliphatic rings. The summed E-state index contributed by atoms with van der Waals surface area (Å²) in [6, 6.07) is 24.4. The second kappa shape index (κ2) is 20.7. The van der Waals surface area contributed by atoms with Gasteiger partial charge in [0.1, 0.15) is 12.6 Å². The maximum atomic E-state index is 14.5. The van der Waals surface area contributed by atoms with Gasteiger partial charge in [0.2, 0.25) is 5.91 Å². The lowest BCUT2D eigenvalue weighted by Gasteiger charge is -2.35. The Bertz CT molecular complexity index is 2050. The number of hydrogen-bond acceptors (Lipinski definition) is 10. The smallest absolute Gasteiger partial charge is 0.417 e. The van der Waals surface area contributed by atoms with E-state index in [4.69, 9.17) is 4.74 Å². The molecule has 1 saturated heterocycles. The summed E-state index contributed by atoms with van der Waals surface area (Å²) in [5.74, 6) is -1.34. The molecule has 60 heavy (non-hydrogen) atoms. The fourth-order valence-electron chi connectivity index (χ4n) is 6.97. The SMILES string of the molecule is CCC(C)C(C(=O)NC(Cc1ccccc1)C(O)CN(Cc1ccc(-c2ccccn2)cc1)NC(=O)N(CC(C)(C)C)C(=O)OC)N1CC(=O)N(Cc2ccccn2)C1=O. The van der Waals surface area contributed by atoms with Gasteiger partial charge in [0.15, 0.2) is 0 Å². The van der Waals surface area contributed by atoms with Crippen LogP contribution in [0.2, 0.25) is 0 Å². The normalized spacial score (nSPS) is 15.0. The van der Waals surface area contributed by atoms with Gasteiger partial charge in [-0.05, 0) is 53.1 Å². The first-order chi connectivity index (χ1) is 28.7. The zero-order valence-electron chi connectivity index (χ0n) is 35.2. The molecule has 0 bridgehead atoms. The zero-order chi connectivity index (χ0) is 43.4. The van der Waals surface area contributed by atoms with E-state index in [1.165, 1.54) is 17.0 Å². The molecule has 0 aliphatic carbocycles. The average molecular weight is 821 g/mol. The van der Waals surface area contributed by atoms with Gasteiger partial charge < -0.3 is 20.1 Å². The van der Waals surface area contributed by atoms with E-state index in [1.54, 1.807) is 30.6 Å². The molecule has 1 aliphatic heterocycles. The fraction of sp³-hybridized carbons (Fsp3) is 0.400. The Morgan fingerprint density at radius 1 is 0.900 bits per heavy atom. The number of methoxy groups -OCH3 is 1. The van der Waals surface area contributed by atoms with Gasteiger partial charge in [0.05, 0.1) is 37.2 Å². The van der Waals surface area contributed by atoms with Crippen LogP contribution in [0, 0.1) is 11.3 Å². The molecule has 5 rings (SSSR count). The van der Waals surface area contributed by atoms with Crippen molar-refractivity contribution in [2.45, 2.75) is 78.7 Å². The highest BCUT2D eigenvalue weighted by molar-refractivity contribution is 6.04. The van der Waals surface area contributed by atoms with Gasteiger partial charge in [-0.1, -0.05) is 108 Å². The molecule has 4 unspecified atom stereocenters. The van der Waals surface area contributed by atoms with E-state index in [2.05, 4.69) is 20.7 Å². The Labute approximate surface area is 351 Å². The molecule has 1 fully saturated rings. The summed E-state index contributed by atoms with van der Waals surface area (Å²) in [5, 5.41) is 16.7. The van der Waals surface area contributed by atoms with Gasteiger partial charge in [-0.25, -0.2) is 24.3 Å². The third-order valence-electron chi connectivity index (χ3n) is 10.2. The number of nitrogens with zero attached hydrogens (tertiary/aromatic N) is 6. The van der Waals surface area contributed by atoms with Crippen LogP contribution in [0.3, 0.4) is 0 Å². The van der Waals surface area contributed by atoms with Crippen LogP contribution >= 0.6 is 0 Å². The molecule has 0 radical (unpaired) electrons. The number of aromatic nitrogens is 2. The number of amides is 7. The van der Waals surface area contributed by atoms with Crippen molar-refractivity contribution in [3.05, 3.63) is 120 Å². The van der Waals surface area contributed by atoms with Crippen LogP contribution in [0.1, 0.15) is 57.9 Å². The minimum Gasteiger partial charge on any atom is -0.452 e. The topological polar surface area (TPSA) is 178 Å². The minimum atomic E-state index is -1.30. The molecule has 7 amide bonds. The molecule has 3 heterocycles. The van der Waals surface area contributed by atoms with Gasteiger partial charge in [-0.3, -0.25) is 29.9 Å². The molecule has 0 spiro atoms. The Morgan fingerprint density at radius 3 is 2.17 bits per heavy atom. The standard InChI is InChI=1S/C45H56N8O7/c1-7-31(2)40(52-29-39(55)51(43(52)58)27-35-17-11-13-23-46-35)41(56)48-37(25-32-15-9-8-10-16-32)38(54)28-50(49-42(57)53(44(59)60-6)30-45(3,4)5)26-33-19-21-34(22-20-33)36-18-12-14-24-47-36/h8-24,31,37-38,40,54H,7,25-30H2,1-6H3,(H,48,56)(H,49,57). The Morgan fingerprint density at radius 2 is 1.57 bits per heavy atom. The molecule has 2 aromatic heterocycles. The third-order valence-corrected chi connectivity index (χ3v) is 10.2. The van der Waals surface area contributed by atoms with Crippen molar-refractivity contribution < 1.29 is 33.8 Å². The second-order valence-electron chi connectivity index (χ2n) is 16.2. The predicted octanol–water partition coefficient (Wildman–Crippen LogP) is 5.65. The largest absolute Gasteiger partial charge is 0.452 e. The number of hydrogen-bond donors (Lipinski definition) is 3. The van der Waals surface area contributed by atoms with E-state index < -0.39 is 53.6 Å². The maximum Gasteiger partial charge on any atom is 0.417 e. The molecule has 15 heteroatoms. The number of imide groups is 2. The summed E-state index contributed by atoms with van der Waals surface area (Å²) >= 11 is 0. The molecule has 318 valence electrons. The van der Waals surface area contributed by atoms with Crippen LogP contribution in [0.15, 0.2) is 103 Å². The van der Waals surface area contributed by atoms with Gasteiger partial charge >= 0.3 is 18.2 Å². The first kappa shape index (κ1) is 44.9. The number of benzene rings is 2. The number of hydrazine groups is 1. The number of aliphatic hydroxyl groups is 1. The van der Waals surface area contributed by atoms with Crippen LogP contribution in [0.5, 0.6) is 0 Å². The number of carbonyl (C=O) groups is 5. The van der Waals surface area contributed by atoms with E-state index in [9.17, 15) is 29.1 Å². The maximum absolute atomic E-state index is 14.5. The number of carbonyl (C=O) groups excluding carboxylic acids is 5. The Balaban J connectivity index is 1.43. The molecule has 4 atom stereocenters. The Hall–Kier alpha value is -6.19. The Kier molecular flexibility index (Phi) is 15.5. The van der Waals surface area contributed by atoms with Crippen molar-refractivity contribution in [1.29, 1.82) is 0 Å². The third kappa shape index (κ3) is 12.2. The van der Waals surface area contributed by atoms with Gasteiger partial charge in [-0.2, -0.15) is 0 Å². The minimum absolute atomic E-state index is 0.0320.